The fourth-order valence-electron chi connectivity index (χ4n) is 2.97. The van der Waals surface area contributed by atoms with Crippen LogP contribution >= 0.6 is 11.3 Å². The third-order valence-electron chi connectivity index (χ3n) is 4.09. The zero-order chi connectivity index (χ0) is 15.5. The van der Waals surface area contributed by atoms with Gasteiger partial charge in [-0.1, -0.05) is 36.4 Å². The number of carbonyl (C=O) groups excluding carboxylic acids is 1. The number of carbonyl (C=O) groups is 2. The number of piperidine rings is 1. The molecule has 0 saturated carbocycles. The van der Waals surface area contributed by atoms with E-state index in [9.17, 15) is 14.7 Å². The van der Waals surface area contributed by atoms with Crippen LogP contribution in [0.15, 0.2) is 47.8 Å². The van der Waals surface area contributed by atoms with Crippen molar-refractivity contribution in [1.82, 2.24) is 4.90 Å². The van der Waals surface area contributed by atoms with E-state index in [2.05, 4.69) is 0 Å². The van der Waals surface area contributed by atoms with Crippen LogP contribution in [0.3, 0.4) is 0 Å². The summed E-state index contributed by atoms with van der Waals surface area (Å²) in [6.45, 7) is 0.861. The maximum absolute atomic E-state index is 12.5. The smallest absolute Gasteiger partial charge is 0.308 e. The van der Waals surface area contributed by atoms with Gasteiger partial charge >= 0.3 is 5.97 Å². The van der Waals surface area contributed by atoms with Crippen molar-refractivity contribution in [3.8, 4) is 0 Å². The first-order valence-electron chi connectivity index (χ1n) is 7.25. The minimum absolute atomic E-state index is 0.0677. The van der Waals surface area contributed by atoms with Crippen molar-refractivity contribution in [3.63, 3.8) is 0 Å². The number of amides is 1. The standard InChI is InChI=1S/C17H17NO3S/c19-16(15-7-4-8-22-15)18-10-13(9-14(11-18)17(20)21)12-5-2-1-3-6-12/h1-8,13-14H,9-11H2,(H,20,21)/t13-,14-/m1/s1. The normalized spacial score (nSPS) is 21.5. The fraction of sp³-hybridized carbons (Fsp3) is 0.294. The van der Waals surface area contributed by atoms with Crippen LogP contribution in [-0.4, -0.2) is 35.0 Å². The number of nitrogens with zero attached hydrogens (tertiary/aromatic N) is 1. The van der Waals surface area contributed by atoms with E-state index in [0.717, 1.165) is 5.56 Å². The third kappa shape index (κ3) is 3.04. The van der Waals surface area contributed by atoms with Crippen LogP contribution in [-0.2, 0) is 4.79 Å². The highest BCUT2D eigenvalue weighted by atomic mass is 32.1. The molecule has 1 fully saturated rings. The van der Waals surface area contributed by atoms with Gasteiger partial charge in [0.15, 0.2) is 0 Å². The van der Waals surface area contributed by atoms with Crippen molar-refractivity contribution in [3.05, 3.63) is 58.3 Å². The van der Waals surface area contributed by atoms with Gasteiger partial charge in [0.25, 0.3) is 5.91 Å². The van der Waals surface area contributed by atoms with E-state index in [1.165, 1.54) is 11.3 Å². The van der Waals surface area contributed by atoms with Crippen molar-refractivity contribution in [2.75, 3.05) is 13.1 Å². The second-order valence-electron chi connectivity index (χ2n) is 5.57. The first-order chi connectivity index (χ1) is 10.6. The molecule has 4 nitrogen and oxygen atoms in total. The maximum atomic E-state index is 12.5. The monoisotopic (exact) mass is 315 g/mol. The van der Waals surface area contributed by atoms with Gasteiger partial charge in [0, 0.05) is 19.0 Å². The predicted octanol–water partition coefficient (Wildman–Crippen LogP) is 3.08. The molecule has 1 amide bonds. The molecule has 3 rings (SSSR count). The molecule has 22 heavy (non-hydrogen) atoms. The Labute approximate surface area is 133 Å². The van der Waals surface area contributed by atoms with Gasteiger partial charge < -0.3 is 10.0 Å². The van der Waals surface area contributed by atoms with Crippen LogP contribution in [0.4, 0.5) is 0 Å². The van der Waals surface area contributed by atoms with E-state index in [0.29, 0.717) is 17.8 Å². The Kier molecular flexibility index (Phi) is 4.24. The Morgan fingerprint density at radius 1 is 1.09 bits per heavy atom. The molecule has 114 valence electrons. The summed E-state index contributed by atoms with van der Waals surface area (Å²) in [4.78, 5) is 26.4. The first kappa shape index (κ1) is 14.8. The summed E-state index contributed by atoms with van der Waals surface area (Å²) in [5, 5.41) is 11.3. The molecule has 1 aromatic heterocycles. The van der Waals surface area contributed by atoms with Crippen LogP contribution < -0.4 is 0 Å². The molecular weight excluding hydrogens is 298 g/mol. The summed E-state index contributed by atoms with van der Waals surface area (Å²) >= 11 is 1.39. The number of rotatable bonds is 3. The van der Waals surface area contributed by atoms with Gasteiger partial charge in [0.2, 0.25) is 0 Å². The summed E-state index contributed by atoms with van der Waals surface area (Å²) in [5.74, 6) is -1.34. The SMILES string of the molecule is O=C(O)[C@@H]1C[C@@H](c2ccccc2)CN(C(=O)c2cccs2)C1. The van der Waals surface area contributed by atoms with Crippen LogP contribution in [0.25, 0.3) is 0 Å². The van der Waals surface area contributed by atoms with E-state index in [-0.39, 0.29) is 18.4 Å². The summed E-state index contributed by atoms with van der Waals surface area (Å²) in [6.07, 6.45) is 0.577. The lowest BCUT2D eigenvalue weighted by Crippen LogP contribution is -2.45. The van der Waals surface area contributed by atoms with Crippen molar-refractivity contribution < 1.29 is 14.7 Å². The van der Waals surface area contributed by atoms with Crippen molar-refractivity contribution in [1.29, 1.82) is 0 Å². The van der Waals surface area contributed by atoms with Crippen LogP contribution in [0, 0.1) is 5.92 Å². The van der Waals surface area contributed by atoms with Crippen molar-refractivity contribution in [2.24, 2.45) is 5.92 Å². The lowest BCUT2D eigenvalue weighted by molar-refractivity contribution is -0.143. The molecule has 1 aromatic carbocycles. The number of hydrogen-bond donors (Lipinski definition) is 1. The number of benzene rings is 1. The van der Waals surface area contributed by atoms with E-state index in [1.54, 1.807) is 11.0 Å². The van der Waals surface area contributed by atoms with Gasteiger partial charge in [-0.05, 0) is 23.4 Å². The predicted molar refractivity (Wildman–Crippen MR) is 85.1 cm³/mol. The van der Waals surface area contributed by atoms with Crippen LogP contribution in [0.2, 0.25) is 0 Å². The quantitative estimate of drug-likeness (QED) is 0.947. The Morgan fingerprint density at radius 3 is 2.50 bits per heavy atom. The second kappa shape index (κ2) is 6.32. The highest BCUT2D eigenvalue weighted by Gasteiger charge is 2.34. The van der Waals surface area contributed by atoms with Crippen molar-refractivity contribution >= 4 is 23.2 Å². The summed E-state index contributed by atoms with van der Waals surface area (Å²) < 4.78 is 0. The van der Waals surface area contributed by atoms with Gasteiger partial charge in [-0.15, -0.1) is 11.3 Å². The molecule has 2 aromatic rings. The lowest BCUT2D eigenvalue weighted by atomic mass is 9.84. The fourth-order valence-corrected chi connectivity index (χ4v) is 3.66. The zero-order valence-corrected chi connectivity index (χ0v) is 12.8. The molecule has 2 heterocycles. The highest BCUT2D eigenvalue weighted by Crippen LogP contribution is 2.31. The molecule has 0 aliphatic carbocycles. The Bertz CT molecular complexity index is 654. The van der Waals surface area contributed by atoms with Crippen LogP contribution in [0.5, 0.6) is 0 Å². The molecule has 0 bridgehead atoms. The number of thiophene rings is 1. The molecule has 1 aliphatic rings. The van der Waals surface area contributed by atoms with E-state index in [4.69, 9.17) is 0 Å². The molecule has 0 radical (unpaired) electrons. The minimum atomic E-state index is -0.829. The summed E-state index contributed by atoms with van der Waals surface area (Å²) in [7, 11) is 0. The topological polar surface area (TPSA) is 57.6 Å². The molecule has 1 N–H and O–H groups in total. The van der Waals surface area contributed by atoms with Gasteiger partial charge in [-0.2, -0.15) is 0 Å². The van der Waals surface area contributed by atoms with Gasteiger partial charge in [-0.3, -0.25) is 9.59 Å². The number of likely N-dealkylation sites (tertiary alicyclic amines) is 1. The first-order valence-corrected chi connectivity index (χ1v) is 8.13. The second-order valence-corrected chi connectivity index (χ2v) is 6.51. The zero-order valence-electron chi connectivity index (χ0n) is 12.0. The molecule has 0 unspecified atom stereocenters. The van der Waals surface area contributed by atoms with E-state index in [1.807, 2.05) is 41.8 Å². The molecule has 1 saturated heterocycles. The number of carboxylic acid groups (broad SMARTS) is 1. The maximum Gasteiger partial charge on any atom is 0.308 e. The Balaban J connectivity index is 1.84. The summed E-state index contributed by atoms with van der Waals surface area (Å²) in [6, 6.07) is 13.5. The average Bonchev–Trinajstić information content (AvgIpc) is 3.09. The van der Waals surface area contributed by atoms with E-state index < -0.39 is 11.9 Å². The highest BCUT2D eigenvalue weighted by molar-refractivity contribution is 7.12. The minimum Gasteiger partial charge on any atom is -0.481 e. The molecule has 1 aliphatic heterocycles. The third-order valence-corrected chi connectivity index (χ3v) is 4.95. The molecule has 2 atom stereocenters. The number of aliphatic carboxylic acids is 1. The average molecular weight is 315 g/mol. The Morgan fingerprint density at radius 2 is 1.86 bits per heavy atom. The van der Waals surface area contributed by atoms with Gasteiger partial charge in [0.05, 0.1) is 10.8 Å². The molecule has 0 spiro atoms. The largest absolute Gasteiger partial charge is 0.481 e. The van der Waals surface area contributed by atoms with Crippen LogP contribution in [0.1, 0.15) is 27.6 Å². The van der Waals surface area contributed by atoms with Crippen molar-refractivity contribution in [2.45, 2.75) is 12.3 Å². The Hall–Kier alpha value is -2.14. The molecular formula is C17H17NO3S. The van der Waals surface area contributed by atoms with E-state index >= 15 is 0 Å². The van der Waals surface area contributed by atoms with Gasteiger partial charge in [0.1, 0.15) is 0 Å². The number of carboxylic acids is 1. The lowest BCUT2D eigenvalue weighted by Gasteiger charge is -2.36. The number of hydrogen-bond acceptors (Lipinski definition) is 3. The van der Waals surface area contributed by atoms with Gasteiger partial charge in [-0.25, -0.2) is 0 Å². The summed E-state index contributed by atoms with van der Waals surface area (Å²) in [5.41, 5.74) is 1.09. The molecule has 5 heteroatoms.